The molecule has 1 amide bonds. The summed E-state index contributed by atoms with van der Waals surface area (Å²) >= 11 is 6.68. The third-order valence-electron chi connectivity index (χ3n) is 6.20. The minimum atomic E-state index is -0.230. The Morgan fingerprint density at radius 3 is 2.68 bits per heavy atom. The summed E-state index contributed by atoms with van der Waals surface area (Å²) in [6.07, 6.45) is 6.17. The zero-order chi connectivity index (χ0) is 24.0. The SMILES string of the molecule is Cc1ccc2nc(N3C[C@@H](C)C[C@H](C)C3)c(/C=C3/SC(=S)N(Cc4ccco4)C3=O)c(=O)n2c1. The number of fused-ring (bicyclic) bond motifs is 1. The molecule has 0 radical (unpaired) electrons. The molecule has 5 rings (SSSR count). The van der Waals surface area contributed by atoms with Crippen LogP contribution >= 0.6 is 24.0 Å². The van der Waals surface area contributed by atoms with E-state index in [9.17, 15) is 9.59 Å². The lowest BCUT2D eigenvalue weighted by atomic mass is 9.91. The number of thioether (sulfide) groups is 1. The summed E-state index contributed by atoms with van der Waals surface area (Å²) in [4.78, 5) is 35.9. The topological polar surface area (TPSA) is 71.1 Å². The van der Waals surface area contributed by atoms with Gasteiger partial charge in [0.1, 0.15) is 21.5 Å². The average Bonchev–Trinajstić information content (AvgIpc) is 3.39. The molecule has 2 aliphatic heterocycles. The standard InChI is InChI=1S/C25H26N4O3S2/c1-15-6-7-21-26-22(27-11-16(2)9-17(3)12-27)19(23(30)28(21)13-15)10-20-24(31)29(25(33)34-20)14-18-5-4-8-32-18/h4-8,10,13,16-17H,9,11-12,14H2,1-3H3/b20-10+/t16-,17-/m0/s1. The molecule has 0 N–H and O–H groups in total. The van der Waals surface area contributed by atoms with Gasteiger partial charge < -0.3 is 9.32 Å². The lowest BCUT2D eigenvalue weighted by molar-refractivity contribution is -0.122. The molecule has 0 spiro atoms. The van der Waals surface area contributed by atoms with Crippen molar-refractivity contribution in [1.29, 1.82) is 0 Å². The Kier molecular flexibility index (Phi) is 6.07. The van der Waals surface area contributed by atoms with Gasteiger partial charge in [0, 0.05) is 19.3 Å². The molecule has 0 saturated carbocycles. The van der Waals surface area contributed by atoms with Crippen LogP contribution in [0.4, 0.5) is 5.82 Å². The summed E-state index contributed by atoms with van der Waals surface area (Å²) in [5.41, 5.74) is 1.79. The van der Waals surface area contributed by atoms with Gasteiger partial charge in [-0.2, -0.15) is 0 Å². The van der Waals surface area contributed by atoms with Gasteiger partial charge in [-0.3, -0.25) is 18.9 Å². The van der Waals surface area contributed by atoms with Crippen molar-refractivity contribution in [3.8, 4) is 0 Å². The van der Waals surface area contributed by atoms with Crippen LogP contribution < -0.4 is 10.5 Å². The van der Waals surface area contributed by atoms with Crippen molar-refractivity contribution in [2.75, 3.05) is 18.0 Å². The molecule has 9 heteroatoms. The van der Waals surface area contributed by atoms with E-state index in [0.717, 1.165) is 25.1 Å². The second-order valence-corrected chi connectivity index (χ2v) is 11.0. The van der Waals surface area contributed by atoms with Gasteiger partial charge in [-0.25, -0.2) is 4.98 Å². The minimum absolute atomic E-state index is 0.189. The van der Waals surface area contributed by atoms with Gasteiger partial charge in [0.15, 0.2) is 0 Å². The largest absolute Gasteiger partial charge is 0.467 e. The maximum Gasteiger partial charge on any atom is 0.267 e. The lowest BCUT2D eigenvalue weighted by Crippen LogP contribution is -2.40. The molecule has 3 aromatic rings. The van der Waals surface area contributed by atoms with Crippen molar-refractivity contribution in [3.63, 3.8) is 0 Å². The molecule has 0 bridgehead atoms. The molecule has 0 unspecified atom stereocenters. The highest BCUT2D eigenvalue weighted by atomic mass is 32.2. The Morgan fingerprint density at radius 1 is 1.21 bits per heavy atom. The van der Waals surface area contributed by atoms with Crippen molar-refractivity contribution in [1.82, 2.24) is 14.3 Å². The smallest absolute Gasteiger partial charge is 0.267 e. The van der Waals surface area contributed by atoms with Crippen molar-refractivity contribution in [2.24, 2.45) is 11.8 Å². The average molecular weight is 495 g/mol. The molecule has 34 heavy (non-hydrogen) atoms. The van der Waals surface area contributed by atoms with Crippen LogP contribution in [0.2, 0.25) is 0 Å². The number of rotatable bonds is 4. The number of carbonyl (C=O) groups excluding carboxylic acids is 1. The van der Waals surface area contributed by atoms with Crippen LogP contribution in [0.5, 0.6) is 0 Å². The van der Waals surface area contributed by atoms with Crippen LogP contribution in [0.1, 0.15) is 37.2 Å². The fraction of sp³-hybridized carbons (Fsp3) is 0.360. The molecular weight excluding hydrogens is 468 g/mol. The first-order valence-corrected chi connectivity index (χ1v) is 12.6. The van der Waals surface area contributed by atoms with Gasteiger partial charge in [0.05, 0.1) is 23.3 Å². The summed E-state index contributed by atoms with van der Waals surface area (Å²) in [5, 5.41) is 0. The first-order valence-electron chi connectivity index (χ1n) is 11.4. The van der Waals surface area contributed by atoms with Crippen molar-refractivity contribution >= 4 is 51.7 Å². The van der Waals surface area contributed by atoms with E-state index in [-0.39, 0.29) is 18.0 Å². The quantitative estimate of drug-likeness (QED) is 0.391. The van der Waals surface area contributed by atoms with Gasteiger partial charge in [-0.05, 0) is 55.0 Å². The number of piperidine rings is 1. The molecule has 7 nitrogen and oxygen atoms in total. The highest BCUT2D eigenvalue weighted by Crippen LogP contribution is 2.35. The molecule has 2 saturated heterocycles. The molecule has 0 aliphatic carbocycles. The van der Waals surface area contributed by atoms with Gasteiger partial charge >= 0.3 is 0 Å². The number of aromatic nitrogens is 2. The number of aryl methyl sites for hydroxylation is 1. The molecule has 0 aromatic carbocycles. The number of nitrogens with zero attached hydrogens (tertiary/aromatic N) is 4. The summed E-state index contributed by atoms with van der Waals surface area (Å²) < 4.78 is 7.39. The van der Waals surface area contributed by atoms with Crippen LogP contribution in [0.15, 0.2) is 50.8 Å². The van der Waals surface area contributed by atoms with E-state index in [1.165, 1.54) is 16.7 Å². The lowest BCUT2D eigenvalue weighted by Gasteiger charge is -2.36. The summed E-state index contributed by atoms with van der Waals surface area (Å²) in [6, 6.07) is 7.40. The monoisotopic (exact) mass is 494 g/mol. The van der Waals surface area contributed by atoms with Crippen LogP contribution in [0.25, 0.3) is 11.7 Å². The highest BCUT2D eigenvalue weighted by Gasteiger charge is 2.34. The van der Waals surface area contributed by atoms with E-state index < -0.39 is 0 Å². The van der Waals surface area contributed by atoms with Crippen LogP contribution in [-0.4, -0.2) is 37.6 Å². The zero-order valence-corrected chi connectivity index (χ0v) is 21.0. The summed E-state index contributed by atoms with van der Waals surface area (Å²) in [7, 11) is 0. The number of carbonyl (C=O) groups is 1. The third-order valence-corrected chi connectivity index (χ3v) is 7.57. The van der Waals surface area contributed by atoms with Crippen LogP contribution in [0.3, 0.4) is 0 Å². The Hall–Kier alpha value is -2.91. The van der Waals surface area contributed by atoms with Crippen LogP contribution in [-0.2, 0) is 11.3 Å². The first-order chi connectivity index (χ1) is 16.3. The summed E-state index contributed by atoms with van der Waals surface area (Å²) in [6.45, 7) is 8.28. The number of hydrogen-bond acceptors (Lipinski definition) is 7. The fourth-order valence-corrected chi connectivity index (χ4v) is 6.01. The highest BCUT2D eigenvalue weighted by molar-refractivity contribution is 8.26. The number of pyridine rings is 1. The van der Waals surface area contributed by atoms with E-state index in [4.69, 9.17) is 21.6 Å². The van der Waals surface area contributed by atoms with Crippen molar-refractivity contribution in [2.45, 2.75) is 33.7 Å². The second-order valence-electron chi connectivity index (χ2n) is 9.29. The molecule has 5 heterocycles. The number of anilines is 1. The van der Waals surface area contributed by atoms with E-state index in [1.54, 1.807) is 35.1 Å². The van der Waals surface area contributed by atoms with Gasteiger partial charge in [0.25, 0.3) is 11.5 Å². The van der Waals surface area contributed by atoms with E-state index in [2.05, 4.69) is 18.7 Å². The Morgan fingerprint density at radius 2 is 1.97 bits per heavy atom. The van der Waals surface area contributed by atoms with Gasteiger partial charge in [0.2, 0.25) is 0 Å². The van der Waals surface area contributed by atoms with Gasteiger partial charge in [-0.1, -0.05) is 43.9 Å². The third kappa shape index (κ3) is 4.30. The van der Waals surface area contributed by atoms with Crippen LogP contribution in [0, 0.1) is 18.8 Å². The predicted molar refractivity (Wildman–Crippen MR) is 139 cm³/mol. The zero-order valence-electron chi connectivity index (χ0n) is 19.4. The van der Waals surface area contributed by atoms with Gasteiger partial charge in [-0.15, -0.1) is 0 Å². The fourth-order valence-electron chi connectivity index (χ4n) is 4.78. The van der Waals surface area contributed by atoms with Crippen molar-refractivity contribution < 1.29 is 9.21 Å². The van der Waals surface area contributed by atoms with E-state index in [1.807, 2.05) is 19.1 Å². The van der Waals surface area contributed by atoms with E-state index >= 15 is 0 Å². The molecule has 2 atom stereocenters. The predicted octanol–water partition coefficient (Wildman–Crippen LogP) is 4.48. The van der Waals surface area contributed by atoms with Crippen molar-refractivity contribution in [3.05, 3.63) is 68.9 Å². The minimum Gasteiger partial charge on any atom is -0.467 e. The Balaban J connectivity index is 1.61. The molecule has 3 aromatic heterocycles. The number of amides is 1. The molecule has 2 fully saturated rings. The maximum absolute atomic E-state index is 13.7. The number of hydrogen-bond donors (Lipinski definition) is 0. The Bertz CT molecular complexity index is 1350. The number of thiocarbonyl (C=S) groups is 1. The van der Waals surface area contributed by atoms with E-state index in [0.29, 0.717) is 43.9 Å². The normalized spacial score (nSPS) is 22.4. The first kappa shape index (κ1) is 22.9. The second kappa shape index (κ2) is 9.03. The number of furan rings is 1. The molecule has 176 valence electrons. The molecule has 2 aliphatic rings. The maximum atomic E-state index is 13.7. The Labute approximate surface area is 207 Å². The summed E-state index contributed by atoms with van der Waals surface area (Å²) in [5.74, 6) is 2.02. The molecular formula is C25H26N4O3S2.